The van der Waals surface area contributed by atoms with E-state index in [-0.39, 0.29) is 5.56 Å². The molecule has 3 heterocycles. The lowest BCUT2D eigenvalue weighted by molar-refractivity contribution is 1.32. The van der Waals surface area contributed by atoms with E-state index in [2.05, 4.69) is 34.2 Å². The van der Waals surface area contributed by atoms with Gasteiger partial charge in [0.15, 0.2) is 0 Å². The Balaban J connectivity index is 2.16. The summed E-state index contributed by atoms with van der Waals surface area (Å²) < 4.78 is 1.90. The number of hydrogen-bond donors (Lipinski definition) is 1. The number of nitrogens with one attached hydrogen (secondary N) is 1. The Kier molecular flexibility index (Phi) is 2.24. The first kappa shape index (κ1) is 11.9. The minimum Gasteiger partial charge on any atom is -0.319 e. The van der Waals surface area contributed by atoms with Gasteiger partial charge < -0.3 is 4.98 Å². The van der Waals surface area contributed by atoms with Crippen LogP contribution < -0.4 is 5.56 Å². The van der Waals surface area contributed by atoms with Crippen LogP contribution in [0.25, 0.3) is 42.0 Å². The van der Waals surface area contributed by atoms with Crippen molar-refractivity contribution in [2.75, 3.05) is 0 Å². The summed E-state index contributed by atoms with van der Waals surface area (Å²) in [6, 6.07) is 16.2. The molecule has 0 atom stereocenters. The third-order valence-corrected chi connectivity index (χ3v) is 5.32. The molecule has 0 aliphatic rings. The van der Waals surface area contributed by atoms with E-state index >= 15 is 0 Å². The van der Waals surface area contributed by atoms with Crippen molar-refractivity contribution in [3.8, 4) is 0 Å². The second-order valence-electron chi connectivity index (χ2n) is 5.32. The van der Waals surface area contributed by atoms with Crippen molar-refractivity contribution in [3.63, 3.8) is 0 Å². The van der Waals surface area contributed by atoms with Gasteiger partial charge in [-0.1, -0.05) is 36.4 Å². The second kappa shape index (κ2) is 4.15. The first-order chi connectivity index (χ1) is 10.8. The summed E-state index contributed by atoms with van der Waals surface area (Å²) in [4.78, 5) is 19.8. The topological polar surface area (TPSA) is 45.8 Å². The van der Waals surface area contributed by atoms with Gasteiger partial charge >= 0.3 is 0 Å². The fraction of sp³-hybridized carbons (Fsp3) is 0. The average Bonchev–Trinajstić information content (AvgIpc) is 2.96. The summed E-state index contributed by atoms with van der Waals surface area (Å²) >= 11 is 1.55. The molecule has 0 aliphatic heterocycles. The van der Waals surface area contributed by atoms with Gasteiger partial charge in [0.1, 0.15) is 4.70 Å². The fourth-order valence-corrected chi connectivity index (χ4v) is 4.34. The molecule has 0 fully saturated rings. The largest absolute Gasteiger partial charge is 0.319 e. The van der Waals surface area contributed by atoms with Gasteiger partial charge in [0.25, 0.3) is 5.56 Å². The third-order valence-electron chi connectivity index (χ3n) is 4.08. The van der Waals surface area contributed by atoms with Crippen LogP contribution in [0.3, 0.4) is 0 Å². The lowest BCUT2D eigenvalue weighted by Gasteiger charge is -2.00. The van der Waals surface area contributed by atoms with Crippen molar-refractivity contribution in [2.24, 2.45) is 0 Å². The van der Waals surface area contributed by atoms with E-state index in [1.807, 2.05) is 24.3 Å². The predicted octanol–water partition coefficient (Wildman–Crippen LogP) is 4.44. The van der Waals surface area contributed by atoms with E-state index in [1.54, 1.807) is 17.5 Å². The summed E-state index contributed by atoms with van der Waals surface area (Å²) in [7, 11) is 0. The normalized spacial score (nSPS) is 11.8. The smallest absolute Gasteiger partial charge is 0.266 e. The number of H-pyrrole nitrogens is 1. The van der Waals surface area contributed by atoms with Crippen molar-refractivity contribution in [3.05, 3.63) is 65.1 Å². The molecule has 5 aromatic rings. The van der Waals surface area contributed by atoms with E-state index in [0.717, 1.165) is 31.2 Å². The molecule has 0 aliphatic carbocycles. The van der Waals surface area contributed by atoms with E-state index in [0.29, 0.717) is 0 Å². The van der Waals surface area contributed by atoms with Crippen LogP contribution in [-0.4, -0.2) is 9.97 Å². The van der Waals surface area contributed by atoms with Crippen LogP contribution in [0.5, 0.6) is 0 Å². The standard InChI is InChI=1S/C18H10N2OS/c21-18-17-14(15-13(20-18)6-3-9-19-15)12-8-7-10-4-1-2-5-11(10)16(12)22-17/h1-9H,(H,20,21). The Bertz CT molecular complexity index is 1250. The lowest BCUT2D eigenvalue weighted by atomic mass is 10.1. The van der Waals surface area contributed by atoms with Gasteiger partial charge in [0.05, 0.1) is 11.0 Å². The highest BCUT2D eigenvalue weighted by molar-refractivity contribution is 7.26. The van der Waals surface area contributed by atoms with Crippen LogP contribution in [-0.2, 0) is 0 Å². The predicted molar refractivity (Wildman–Crippen MR) is 92.8 cm³/mol. The number of thiophene rings is 1. The maximum atomic E-state index is 12.4. The van der Waals surface area contributed by atoms with Crippen molar-refractivity contribution >= 4 is 53.3 Å². The highest BCUT2D eigenvalue weighted by Crippen LogP contribution is 2.38. The van der Waals surface area contributed by atoms with Crippen LogP contribution >= 0.6 is 11.3 Å². The van der Waals surface area contributed by atoms with Crippen molar-refractivity contribution in [2.45, 2.75) is 0 Å². The fourth-order valence-electron chi connectivity index (χ4n) is 3.10. The zero-order valence-corrected chi connectivity index (χ0v) is 12.3. The molecular weight excluding hydrogens is 292 g/mol. The van der Waals surface area contributed by atoms with E-state index in [1.165, 1.54) is 10.8 Å². The zero-order valence-electron chi connectivity index (χ0n) is 11.5. The van der Waals surface area contributed by atoms with Crippen LogP contribution in [0.4, 0.5) is 0 Å². The van der Waals surface area contributed by atoms with Crippen molar-refractivity contribution in [1.29, 1.82) is 0 Å². The zero-order chi connectivity index (χ0) is 14.7. The number of hydrogen-bond acceptors (Lipinski definition) is 3. The molecule has 3 aromatic heterocycles. The van der Waals surface area contributed by atoms with Gasteiger partial charge in [-0.2, -0.15) is 0 Å². The molecular formula is C18H10N2OS. The summed E-state index contributed by atoms with van der Waals surface area (Å²) in [5.74, 6) is 0. The minimum absolute atomic E-state index is 0.0409. The Labute approximate surface area is 128 Å². The Morgan fingerprint density at radius 2 is 1.82 bits per heavy atom. The van der Waals surface area contributed by atoms with Crippen LogP contribution in [0.2, 0.25) is 0 Å². The SMILES string of the molecule is O=c1[nH]c2cccnc2c2c1sc1c3ccccc3ccc12. The van der Waals surface area contributed by atoms with Gasteiger partial charge in [-0.3, -0.25) is 9.78 Å². The molecule has 1 N–H and O–H groups in total. The molecule has 3 nitrogen and oxygen atoms in total. The van der Waals surface area contributed by atoms with Crippen molar-refractivity contribution in [1.82, 2.24) is 9.97 Å². The molecule has 0 saturated heterocycles. The van der Waals surface area contributed by atoms with E-state index in [4.69, 9.17) is 0 Å². The van der Waals surface area contributed by atoms with Crippen LogP contribution in [0.15, 0.2) is 59.5 Å². The Hall–Kier alpha value is -2.72. The number of aromatic nitrogens is 2. The molecule has 0 amide bonds. The quantitative estimate of drug-likeness (QED) is 0.459. The number of nitrogens with zero attached hydrogens (tertiary/aromatic N) is 1. The molecule has 0 spiro atoms. The van der Waals surface area contributed by atoms with Crippen molar-refractivity contribution < 1.29 is 0 Å². The van der Waals surface area contributed by atoms with E-state index < -0.39 is 0 Å². The molecule has 0 bridgehead atoms. The highest BCUT2D eigenvalue weighted by atomic mass is 32.1. The van der Waals surface area contributed by atoms with Crippen LogP contribution in [0, 0.1) is 0 Å². The van der Waals surface area contributed by atoms with Gasteiger partial charge in [0, 0.05) is 21.7 Å². The van der Waals surface area contributed by atoms with Gasteiger partial charge in [-0.05, 0) is 22.9 Å². The molecule has 0 unspecified atom stereocenters. The van der Waals surface area contributed by atoms with Gasteiger partial charge in [-0.25, -0.2) is 0 Å². The summed E-state index contributed by atoms with van der Waals surface area (Å²) in [5.41, 5.74) is 1.60. The first-order valence-corrected chi connectivity index (χ1v) is 7.85. The second-order valence-corrected chi connectivity index (χ2v) is 6.34. The summed E-state index contributed by atoms with van der Waals surface area (Å²) in [6.45, 7) is 0. The molecule has 0 saturated carbocycles. The molecule has 2 aromatic carbocycles. The molecule has 0 radical (unpaired) electrons. The monoisotopic (exact) mass is 302 g/mol. The average molecular weight is 302 g/mol. The maximum Gasteiger partial charge on any atom is 0.266 e. The lowest BCUT2D eigenvalue weighted by Crippen LogP contribution is -2.04. The highest BCUT2D eigenvalue weighted by Gasteiger charge is 2.14. The van der Waals surface area contributed by atoms with E-state index in [9.17, 15) is 4.79 Å². The van der Waals surface area contributed by atoms with Gasteiger partial charge in [-0.15, -0.1) is 11.3 Å². The summed E-state index contributed by atoms with van der Waals surface area (Å²) in [5, 5.41) is 4.44. The number of benzene rings is 2. The van der Waals surface area contributed by atoms with Gasteiger partial charge in [0.2, 0.25) is 0 Å². The molecule has 104 valence electrons. The minimum atomic E-state index is -0.0409. The molecule has 5 rings (SSSR count). The number of fused-ring (bicyclic) bond motifs is 7. The number of rotatable bonds is 0. The third kappa shape index (κ3) is 1.45. The summed E-state index contributed by atoms with van der Waals surface area (Å²) in [6.07, 6.45) is 1.77. The first-order valence-electron chi connectivity index (χ1n) is 7.04. The Morgan fingerprint density at radius 3 is 2.77 bits per heavy atom. The number of pyridine rings is 2. The Morgan fingerprint density at radius 1 is 0.909 bits per heavy atom. The molecule has 22 heavy (non-hydrogen) atoms. The number of aromatic amines is 1. The van der Waals surface area contributed by atoms with Crippen LogP contribution in [0.1, 0.15) is 0 Å². The maximum absolute atomic E-state index is 12.4. The molecule has 4 heteroatoms.